The van der Waals surface area contributed by atoms with Gasteiger partial charge in [-0.3, -0.25) is 14.5 Å². The third kappa shape index (κ3) is 4.41. The van der Waals surface area contributed by atoms with Gasteiger partial charge in [0.25, 0.3) is 11.7 Å². The molecule has 5 nitrogen and oxygen atoms in total. The molecular weight excluding hydrogens is 457 g/mol. The van der Waals surface area contributed by atoms with E-state index in [0.29, 0.717) is 27.6 Å². The number of aliphatic hydroxyl groups excluding tert-OH is 1. The van der Waals surface area contributed by atoms with Crippen molar-refractivity contribution in [2.45, 2.75) is 32.9 Å². The predicted molar refractivity (Wildman–Crippen MR) is 130 cm³/mol. The van der Waals surface area contributed by atoms with Gasteiger partial charge in [-0.2, -0.15) is 0 Å². The second-order valence-corrected chi connectivity index (χ2v) is 8.78. The standard InChI is InChI=1S/C27H23ClFNO4/c1-15(2)34-22-13-6-18(14-16(22)3)25(31)23-24(17-4-7-19(28)8-5-17)30(27(33)26(23)32)21-11-9-20(29)10-12-21/h4-15,24,31H,1-3H3/b25-23-. The molecule has 1 saturated heterocycles. The van der Waals surface area contributed by atoms with Gasteiger partial charge in [-0.15, -0.1) is 0 Å². The number of aryl methyl sites for hydroxylation is 1. The number of nitrogens with zero attached hydrogens (tertiary/aromatic N) is 1. The third-order valence-electron chi connectivity index (χ3n) is 5.55. The average Bonchev–Trinajstić information content (AvgIpc) is 3.06. The molecule has 1 aliphatic rings. The second kappa shape index (κ2) is 9.31. The highest BCUT2D eigenvalue weighted by molar-refractivity contribution is 6.51. The van der Waals surface area contributed by atoms with Crippen molar-refractivity contribution >= 4 is 34.7 Å². The molecule has 174 valence electrons. The number of rotatable bonds is 5. The van der Waals surface area contributed by atoms with E-state index >= 15 is 0 Å². The zero-order valence-corrected chi connectivity index (χ0v) is 19.6. The highest BCUT2D eigenvalue weighted by Gasteiger charge is 2.47. The monoisotopic (exact) mass is 479 g/mol. The van der Waals surface area contributed by atoms with Crippen LogP contribution in [0.4, 0.5) is 10.1 Å². The number of hydrogen-bond acceptors (Lipinski definition) is 4. The Bertz CT molecular complexity index is 1280. The van der Waals surface area contributed by atoms with E-state index in [9.17, 15) is 19.1 Å². The fourth-order valence-electron chi connectivity index (χ4n) is 4.00. The van der Waals surface area contributed by atoms with Gasteiger partial charge in [0, 0.05) is 16.3 Å². The van der Waals surface area contributed by atoms with Crippen molar-refractivity contribution in [1.29, 1.82) is 0 Å². The summed E-state index contributed by atoms with van der Waals surface area (Å²) in [5.41, 5.74) is 2.00. The minimum absolute atomic E-state index is 0.0240. The maximum atomic E-state index is 13.5. The molecule has 3 aromatic carbocycles. The molecule has 1 N–H and O–H groups in total. The molecule has 0 spiro atoms. The summed E-state index contributed by atoms with van der Waals surface area (Å²) in [5, 5.41) is 11.7. The Morgan fingerprint density at radius 2 is 1.68 bits per heavy atom. The molecule has 0 radical (unpaired) electrons. The van der Waals surface area contributed by atoms with E-state index in [4.69, 9.17) is 16.3 Å². The van der Waals surface area contributed by atoms with Gasteiger partial charge in [-0.25, -0.2) is 4.39 Å². The number of carbonyl (C=O) groups is 2. The zero-order chi connectivity index (χ0) is 24.6. The molecule has 1 aliphatic heterocycles. The van der Waals surface area contributed by atoms with E-state index < -0.39 is 23.5 Å². The normalized spacial score (nSPS) is 17.5. The zero-order valence-electron chi connectivity index (χ0n) is 18.9. The van der Waals surface area contributed by atoms with Crippen molar-refractivity contribution in [2.24, 2.45) is 0 Å². The second-order valence-electron chi connectivity index (χ2n) is 8.34. The van der Waals surface area contributed by atoms with Crippen LogP contribution in [0.15, 0.2) is 72.3 Å². The minimum Gasteiger partial charge on any atom is -0.507 e. The molecule has 4 rings (SSSR count). The highest BCUT2D eigenvalue weighted by atomic mass is 35.5. The number of ether oxygens (including phenoxy) is 1. The lowest BCUT2D eigenvalue weighted by molar-refractivity contribution is -0.132. The minimum atomic E-state index is -0.922. The Labute approximate surface area is 202 Å². The van der Waals surface area contributed by atoms with E-state index in [0.717, 1.165) is 5.56 Å². The van der Waals surface area contributed by atoms with Crippen LogP contribution in [-0.2, 0) is 9.59 Å². The predicted octanol–water partition coefficient (Wildman–Crippen LogP) is 6.20. The van der Waals surface area contributed by atoms with Crippen LogP contribution in [0.25, 0.3) is 5.76 Å². The van der Waals surface area contributed by atoms with Gasteiger partial charge >= 0.3 is 0 Å². The van der Waals surface area contributed by atoms with Crippen LogP contribution < -0.4 is 9.64 Å². The number of ketones is 1. The molecule has 1 atom stereocenters. The first-order valence-electron chi connectivity index (χ1n) is 10.8. The fourth-order valence-corrected chi connectivity index (χ4v) is 4.13. The number of Topliss-reactive ketones (excluding diaryl/α,β-unsaturated/α-hetero) is 1. The van der Waals surface area contributed by atoms with E-state index in [-0.39, 0.29) is 17.4 Å². The summed E-state index contributed by atoms with van der Waals surface area (Å²) >= 11 is 6.05. The van der Waals surface area contributed by atoms with Crippen LogP contribution in [0.5, 0.6) is 5.75 Å². The largest absolute Gasteiger partial charge is 0.507 e. The Kier molecular flexibility index (Phi) is 6.44. The number of carbonyl (C=O) groups excluding carboxylic acids is 2. The van der Waals surface area contributed by atoms with Gasteiger partial charge in [0.1, 0.15) is 17.3 Å². The summed E-state index contributed by atoms with van der Waals surface area (Å²) < 4.78 is 19.3. The van der Waals surface area contributed by atoms with Crippen LogP contribution in [0.3, 0.4) is 0 Å². The molecule has 0 aliphatic carbocycles. The number of aliphatic hydroxyl groups is 1. The van der Waals surface area contributed by atoms with Crippen molar-refractivity contribution in [3.63, 3.8) is 0 Å². The van der Waals surface area contributed by atoms with Crippen molar-refractivity contribution in [3.05, 3.63) is 99.8 Å². The van der Waals surface area contributed by atoms with E-state index in [1.54, 1.807) is 42.5 Å². The number of hydrogen-bond donors (Lipinski definition) is 1. The van der Waals surface area contributed by atoms with Gasteiger partial charge in [0.05, 0.1) is 17.7 Å². The molecule has 7 heteroatoms. The Morgan fingerprint density at radius 1 is 1.03 bits per heavy atom. The first-order valence-corrected chi connectivity index (χ1v) is 11.1. The van der Waals surface area contributed by atoms with Gasteiger partial charge in [-0.05, 0) is 86.5 Å². The van der Waals surface area contributed by atoms with Crippen LogP contribution in [0.1, 0.15) is 36.6 Å². The molecular formula is C27H23ClFNO4. The number of amides is 1. The maximum absolute atomic E-state index is 13.5. The van der Waals surface area contributed by atoms with Gasteiger partial charge in [-0.1, -0.05) is 23.7 Å². The highest BCUT2D eigenvalue weighted by Crippen LogP contribution is 2.42. The van der Waals surface area contributed by atoms with Crippen LogP contribution in [0.2, 0.25) is 5.02 Å². The van der Waals surface area contributed by atoms with Crippen molar-refractivity contribution in [2.75, 3.05) is 4.90 Å². The molecule has 1 fully saturated rings. The summed E-state index contributed by atoms with van der Waals surface area (Å²) in [6.07, 6.45) is -0.0240. The van der Waals surface area contributed by atoms with Crippen LogP contribution in [0, 0.1) is 12.7 Å². The molecule has 1 amide bonds. The van der Waals surface area contributed by atoms with E-state index in [1.165, 1.54) is 29.2 Å². The third-order valence-corrected chi connectivity index (χ3v) is 5.80. The summed E-state index contributed by atoms with van der Waals surface area (Å²) in [7, 11) is 0. The number of halogens is 2. The first kappa shape index (κ1) is 23.5. The van der Waals surface area contributed by atoms with Gasteiger partial charge in [0.15, 0.2) is 0 Å². The maximum Gasteiger partial charge on any atom is 0.300 e. The van der Waals surface area contributed by atoms with Crippen LogP contribution in [-0.4, -0.2) is 22.9 Å². The summed E-state index contributed by atoms with van der Waals surface area (Å²) in [5.74, 6) is -1.76. The summed E-state index contributed by atoms with van der Waals surface area (Å²) in [6.45, 7) is 5.66. The van der Waals surface area contributed by atoms with Gasteiger partial charge in [0.2, 0.25) is 0 Å². The lowest BCUT2D eigenvalue weighted by atomic mass is 9.94. The summed E-state index contributed by atoms with van der Waals surface area (Å²) in [4.78, 5) is 27.6. The van der Waals surface area contributed by atoms with E-state index in [2.05, 4.69) is 0 Å². The SMILES string of the molecule is Cc1cc(/C(O)=C2/C(=O)C(=O)N(c3ccc(F)cc3)C2c2ccc(Cl)cc2)ccc1OC(C)C. The molecule has 0 aromatic heterocycles. The molecule has 34 heavy (non-hydrogen) atoms. The van der Waals surface area contributed by atoms with Crippen molar-refractivity contribution in [1.82, 2.24) is 0 Å². The molecule has 0 bridgehead atoms. The molecule has 1 heterocycles. The van der Waals surface area contributed by atoms with E-state index in [1.807, 2.05) is 20.8 Å². The molecule has 1 unspecified atom stereocenters. The first-order chi connectivity index (χ1) is 16.2. The fraction of sp³-hybridized carbons (Fsp3) is 0.185. The Hall–Kier alpha value is -3.64. The number of anilines is 1. The van der Waals surface area contributed by atoms with Crippen molar-refractivity contribution < 1.29 is 23.8 Å². The average molecular weight is 480 g/mol. The molecule has 3 aromatic rings. The number of benzene rings is 3. The van der Waals surface area contributed by atoms with Gasteiger partial charge < -0.3 is 9.84 Å². The topological polar surface area (TPSA) is 66.8 Å². The Balaban J connectivity index is 1.88. The lowest BCUT2D eigenvalue weighted by Crippen LogP contribution is -2.29. The summed E-state index contributed by atoms with van der Waals surface area (Å²) in [6, 6.07) is 16.1. The molecule has 0 saturated carbocycles. The van der Waals surface area contributed by atoms with Crippen LogP contribution >= 0.6 is 11.6 Å². The Morgan fingerprint density at radius 3 is 2.26 bits per heavy atom. The lowest BCUT2D eigenvalue weighted by Gasteiger charge is -2.25. The van der Waals surface area contributed by atoms with Crippen molar-refractivity contribution in [3.8, 4) is 5.75 Å². The smallest absolute Gasteiger partial charge is 0.300 e. The quantitative estimate of drug-likeness (QED) is 0.269.